The van der Waals surface area contributed by atoms with Crippen LogP contribution >= 0.6 is 0 Å². The number of non-ortho nitro benzene ring substituents is 2. The Morgan fingerprint density at radius 2 is 0.936 bits per heavy atom. The number of carbonyl (C=O) groups excluding carboxylic acids is 2. The first-order valence-corrected chi connectivity index (χ1v) is 14.9. The number of carbonyl (C=O) groups is 2. The fraction of sp³-hybridized carbons (Fsp3) is 0.481. The average Bonchev–Trinajstić information content (AvgIpc) is 3.04. The quantitative estimate of drug-likeness (QED) is 0.133. The molecule has 0 bridgehead atoms. The van der Waals surface area contributed by atoms with E-state index in [2.05, 4.69) is 32.3 Å². The molecule has 20 nitrogen and oxygen atoms in total. The maximum atomic E-state index is 12.4. The second-order valence-electron chi connectivity index (χ2n) is 11.5. The molecule has 2 saturated carbocycles. The van der Waals surface area contributed by atoms with E-state index in [9.17, 15) is 50.0 Å². The minimum atomic E-state index is -0.780. The molecule has 2 aliphatic rings. The first-order valence-electron chi connectivity index (χ1n) is 14.9. The van der Waals surface area contributed by atoms with Crippen molar-refractivity contribution < 1.29 is 29.3 Å². The number of amides is 4. The van der Waals surface area contributed by atoms with Crippen LogP contribution in [0, 0.1) is 52.3 Å². The van der Waals surface area contributed by atoms with Gasteiger partial charge in [0.25, 0.3) is 11.4 Å². The van der Waals surface area contributed by atoms with E-state index in [1.54, 1.807) is 0 Å². The molecule has 0 heterocycles. The standard InChI is InChI=1S/C27H34N10O10/c38-26(32-30-22-11-9-20(34(40)41)14-24(22)36(44)45)28-18-5-1-16(2-6-18)13-17-3-7-19(8-4-17)29-27(39)33-31-23-12-10-21(35(42)43)15-25(23)37(46)47/h9-12,14-19,30-31H,1-8,13H2,(H2,28,32,38)(H2,29,33,39). The lowest BCUT2D eigenvalue weighted by Gasteiger charge is -2.34. The SMILES string of the molecule is O=C(NNc1ccc([N+](=O)[O-])cc1[N+](=O)[O-])NC1CCC(CC2CCC(NC(=O)NNc3ccc([N+](=O)[O-])cc3[N+](=O)[O-])CC2)CC1. The number of rotatable bonds is 12. The first kappa shape index (κ1) is 34.1. The summed E-state index contributed by atoms with van der Waals surface area (Å²) in [6.45, 7) is 0. The highest BCUT2D eigenvalue weighted by molar-refractivity contribution is 5.78. The third-order valence-corrected chi connectivity index (χ3v) is 8.43. The molecule has 6 N–H and O–H groups in total. The molecule has 2 aliphatic carbocycles. The molecule has 2 fully saturated rings. The predicted octanol–water partition coefficient (Wildman–Crippen LogP) is 4.78. The molecular weight excluding hydrogens is 624 g/mol. The van der Waals surface area contributed by atoms with Crippen LogP contribution in [-0.4, -0.2) is 43.8 Å². The second kappa shape index (κ2) is 15.5. The fourth-order valence-corrected chi connectivity index (χ4v) is 6.03. The average molecular weight is 659 g/mol. The zero-order valence-electron chi connectivity index (χ0n) is 25.0. The van der Waals surface area contributed by atoms with Crippen LogP contribution in [0.3, 0.4) is 0 Å². The summed E-state index contributed by atoms with van der Waals surface area (Å²) >= 11 is 0. The van der Waals surface area contributed by atoms with E-state index in [1.807, 2.05) is 0 Å². The van der Waals surface area contributed by atoms with E-state index in [-0.39, 0.29) is 23.5 Å². The summed E-state index contributed by atoms with van der Waals surface area (Å²) in [7, 11) is 0. The Morgan fingerprint density at radius 3 is 1.26 bits per heavy atom. The van der Waals surface area contributed by atoms with Crippen LogP contribution in [-0.2, 0) is 0 Å². The Kier molecular flexibility index (Phi) is 11.2. The number of hydrogen-bond acceptors (Lipinski definition) is 12. The number of nitro benzene ring substituents is 4. The molecule has 252 valence electrons. The third kappa shape index (κ3) is 9.58. The van der Waals surface area contributed by atoms with Gasteiger partial charge in [0.15, 0.2) is 0 Å². The van der Waals surface area contributed by atoms with Gasteiger partial charge in [-0.05, 0) is 81.8 Å². The van der Waals surface area contributed by atoms with E-state index in [4.69, 9.17) is 0 Å². The van der Waals surface area contributed by atoms with E-state index in [0.29, 0.717) is 11.8 Å². The number of hydrogen-bond donors (Lipinski definition) is 6. The molecule has 20 heteroatoms. The highest BCUT2D eigenvalue weighted by atomic mass is 16.6. The Bertz CT molecular complexity index is 1410. The van der Waals surface area contributed by atoms with Crippen LogP contribution in [0.2, 0.25) is 0 Å². The largest absolute Gasteiger partial charge is 0.334 e. The summed E-state index contributed by atoms with van der Waals surface area (Å²) in [5.74, 6) is 0.994. The summed E-state index contributed by atoms with van der Waals surface area (Å²) < 4.78 is 0. The van der Waals surface area contributed by atoms with Gasteiger partial charge in [-0.25, -0.2) is 9.59 Å². The maximum Gasteiger partial charge on any atom is 0.333 e. The van der Waals surface area contributed by atoms with Crippen LogP contribution in [0.15, 0.2) is 36.4 Å². The smallest absolute Gasteiger partial charge is 0.333 e. The Morgan fingerprint density at radius 1 is 0.574 bits per heavy atom. The summed E-state index contributed by atoms with van der Waals surface area (Å²) in [6.07, 6.45) is 7.81. The molecule has 4 amide bonds. The lowest BCUT2D eigenvalue weighted by molar-refractivity contribution is -0.393. The third-order valence-electron chi connectivity index (χ3n) is 8.43. The predicted molar refractivity (Wildman–Crippen MR) is 166 cm³/mol. The van der Waals surface area contributed by atoms with Gasteiger partial charge in [0.1, 0.15) is 11.4 Å². The lowest BCUT2D eigenvalue weighted by Crippen LogP contribution is -2.46. The van der Waals surface area contributed by atoms with Crippen molar-refractivity contribution in [2.24, 2.45) is 11.8 Å². The van der Waals surface area contributed by atoms with Gasteiger partial charge in [-0.1, -0.05) is 0 Å². The van der Waals surface area contributed by atoms with Gasteiger partial charge in [-0.2, -0.15) is 0 Å². The van der Waals surface area contributed by atoms with Crippen molar-refractivity contribution >= 4 is 46.2 Å². The monoisotopic (exact) mass is 658 g/mol. The van der Waals surface area contributed by atoms with Crippen LogP contribution < -0.4 is 32.3 Å². The van der Waals surface area contributed by atoms with Gasteiger partial charge in [-0.3, -0.25) is 62.2 Å². The molecule has 0 radical (unpaired) electrons. The van der Waals surface area contributed by atoms with E-state index >= 15 is 0 Å². The minimum absolute atomic E-state index is 0.0700. The van der Waals surface area contributed by atoms with Crippen LogP contribution in [0.5, 0.6) is 0 Å². The number of nitrogens with one attached hydrogen (secondary N) is 6. The number of benzene rings is 2. The molecule has 0 saturated heterocycles. The fourth-order valence-electron chi connectivity index (χ4n) is 6.03. The molecule has 2 aromatic carbocycles. The molecule has 4 rings (SSSR count). The highest BCUT2D eigenvalue weighted by Gasteiger charge is 2.29. The normalized spacial score (nSPS) is 20.6. The molecule has 47 heavy (non-hydrogen) atoms. The summed E-state index contributed by atoms with van der Waals surface area (Å²) in [5, 5.41) is 50.0. The number of urea groups is 2. The zero-order chi connectivity index (χ0) is 34.1. The van der Waals surface area contributed by atoms with Crippen LogP contribution in [0.4, 0.5) is 43.7 Å². The van der Waals surface area contributed by atoms with Gasteiger partial charge in [-0.15, -0.1) is 0 Å². The first-order chi connectivity index (χ1) is 22.4. The van der Waals surface area contributed by atoms with Crippen molar-refractivity contribution in [3.05, 3.63) is 76.9 Å². The second-order valence-corrected chi connectivity index (χ2v) is 11.5. The van der Waals surface area contributed by atoms with Crippen molar-refractivity contribution in [3.8, 4) is 0 Å². The number of hydrazine groups is 2. The molecule has 0 unspecified atom stereocenters. The van der Waals surface area contributed by atoms with E-state index in [0.717, 1.165) is 94.2 Å². The van der Waals surface area contributed by atoms with Gasteiger partial charge in [0.05, 0.1) is 31.8 Å². The lowest BCUT2D eigenvalue weighted by atomic mass is 9.76. The Labute approximate surface area is 266 Å². The number of anilines is 2. The van der Waals surface area contributed by atoms with Gasteiger partial charge in [0.2, 0.25) is 0 Å². The van der Waals surface area contributed by atoms with Gasteiger partial charge >= 0.3 is 23.4 Å². The number of nitrogens with zero attached hydrogens (tertiary/aromatic N) is 4. The van der Waals surface area contributed by atoms with Crippen molar-refractivity contribution in [3.63, 3.8) is 0 Å². The van der Waals surface area contributed by atoms with Crippen molar-refractivity contribution in [1.82, 2.24) is 21.5 Å². The van der Waals surface area contributed by atoms with Crippen molar-refractivity contribution in [2.45, 2.75) is 69.9 Å². The molecule has 2 aromatic rings. The summed E-state index contributed by atoms with van der Waals surface area (Å²) in [6, 6.07) is 4.83. The Hall–Kier alpha value is -5.82. The molecule has 0 aromatic heterocycles. The summed E-state index contributed by atoms with van der Waals surface area (Å²) in [5.41, 5.74) is 7.46. The summed E-state index contributed by atoms with van der Waals surface area (Å²) in [4.78, 5) is 66.0. The number of nitro groups is 4. The molecule has 0 aliphatic heterocycles. The molecular formula is C27H34N10O10. The van der Waals surface area contributed by atoms with E-state index < -0.39 is 54.5 Å². The minimum Gasteiger partial charge on any atom is -0.334 e. The maximum absolute atomic E-state index is 12.4. The highest BCUT2D eigenvalue weighted by Crippen LogP contribution is 2.36. The van der Waals surface area contributed by atoms with Gasteiger partial charge in [0, 0.05) is 24.2 Å². The van der Waals surface area contributed by atoms with E-state index in [1.165, 1.54) is 0 Å². The molecule has 0 atom stereocenters. The van der Waals surface area contributed by atoms with Crippen LogP contribution in [0.1, 0.15) is 57.8 Å². The van der Waals surface area contributed by atoms with Crippen molar-refractivity contribution in [2.75, 3.05) is 10.9 Å². The van der Waals surface area contributed by atoms with Gasteiger partial charge < -0.3 is 10.6 Å². The molecule has 0 spiro atoms. The van der Waals surface area contributed by atoms with Crippen molar-refractivity contribution in [1.29, 1.82) is 0 Å². The topological polar surface area (TPSA) is 279 Å². The zero-order valence-corrected chi connectivity index (χ0v) is 25.0. The Balaban J connectivity index is 1.12. The van der Waals surface area contributed by atoms with Crippen LogP contribution in [0.25, 0.3) is 0 Å².